The van der Waals surface area contributed by atoms with Gasteiger partial charge in [-0.05, 0) is 37.3 Å². The summed E-state index contributed by atoms with van der Waals surface area (Å²) in [4.78, 5) is 40.6. The molecule has 0 radical (unpaired) electrons. The fraction of sp³-hybridized carbons (Fsp3) is 0.200. The first-order chi connectivity index (χ1) is 13.4. The van der Waals surface area contributed by atoms with Gasteiger partial charge in [-0.15, -0.1) is 0 Å². The van der Waals surface area contributed by atoms with Crippen molar-refractivity contribution in [2.24, 2.45) is 0 Å². The van der Waals surface area contributed by atoms with Crippen LogP contribution in [-0.2, 0) is 11.3 Å². The fourth-order valence-electron chi connectivity index (χ4n) is 2.77. The molecule has 2 aromatic carbocycles. The van der Waals surface area contributed by atoms with E-state index in [-0.39, 0.29) is 28.5 Å². The lowest BCUT2D eigenvalue weighted by Crippen LogP contribution is -2.23. The molecule has 3 rings (SSSR count). The smallest absolute Gasteiger partial charge is 0.262 e. The van der Waals surface area contributed by atoms with Crippen LogP contribution >= 0.6 is 11.8 Å². The van der Waals surface area contributed by atoms with Gasteiger partial charge in [0, 0.05) is 19.2 Å². The Labute approximate surface area is 164 Å². The number of anilines is 1. The summed E-state index contributed by atoms with van der Waals surface area (Å²) in [5.74, 6) is -1.53. The van der Waals surface area contributed by atoms with Crippen LogP contribution < -0.4 is 10.9 Å². The summed E-state index contributed by atoms with van der Waals surface area (Å²) in [6.45, 7) is 3.55. The van der Waals surface area contributed by atoms with Gasteiger partial charge in [-0.2, -0.15) is 0 Å². The summed E-state index contributed by atoms with van der Waals surface area (Å²) in [6.07, 6.45) is 0. The minimum Gasteiger partial charge on any atom is -0.326 e. The van der Waals surface area contributed by atoms with Crippen LogP contribution in [0.1, 0.15) is 24.2 Å². The van der Waals surface area contributed by atoms with Crippen LogP contribution in [0, 0.1) is 5.82 Å². The Morgan fingerprint density at radius 2 is 1.96 bits per heavy atom. The third kappa shape index (κ3) is 4.12. The Balaban J connectivity index is 1.83. The molecule has 0 atom stereocenters. The summed E-state index contributed by atoms with van der Waals surface area (Å²) >= 11 is 1.09. The van der Waals surface area contributed by atoms with Gasteiger partial charge in [0.1, 0.15) is 5.82 Å². The van der Waals surface area contributed by atoms with E-state index in [2.05, 4.69) is 10.3 Å². The molecular formula is C20H18FN3O3S. The molecule has 0 aliphatic carbocycles. The van der Waals surface area contributed by atoms with Crippen molar-refractivity contribution in [1.82, 2.24) is 9.55 Å². The molecule has 1 heterocycles. The Morgan fingerprint density at radius 3 is 2.64 bits per heavy atom. The lowest BCUT2D eigenvalue weighted by Gasteiger charge is -2.11. The predicted octanol–water partition coefficient (Wildman–Crippen LogP) is 3.49. The summed E-state index contributed by atoms with van der Waals surface area (Å²) in [7, 11) is 0. The normalized spacial score (nSPS) is 10.8. The number of fused-ring (bicyclic) bond motifs is 1. The van der Waals surface area contributed by atoms with Crippen molar-refractivity contribution >= 4 is 40.0 Å². The molecule has 0 bridgehead atoms. The zero-order valence-corrected chi connectivity index (χ0v) is 16.2. The van der Waals surface area contributed by atoms with Crippen molar-refractivity contribution in [2.75, 3.05) is 11.1 Å². The SMILES string of the molecule is CCn1c(SCC(=O)c2ccc(NC(C)=O)cc2F)nc2ccccc2c1=O. The van der Waals surface area contributed by atoms with E-state index in [1.807, 2.05) is 6.92 Å². The molecule has 144 valence electrons. The molecule has 0 unspecified atom stereocenters. The Kier molecular flexibility index (Phi) is 5.89. The number of rotatable bonds is 6. The monoisotopic (exact) mass is 399 g/mol. The second kappa shape index (κ2) is 8.35. The third-order valence-corrected chi connectivity index (χ3v) is 5.04. The number of carbonyl (C=O) groups is 2. The van der Waals surface area contributed by atoms with E-state index in [4.69, 9.17) is 0 Å². The van der Waals surface area contributed by atoms with E-state index in [0.717, 1.165) is 17.8 Å². The molecule has 0 fully saturated rings. The maximum absolute atomic E-state index is 14.2. The number of nitrogens with one attached hydrogen (secondary N) is 1. The van der Waals surface area contributed by atoms with Crippen LogP contribution in [0.4, 0.5) is 10.1 Å². The zero-order chi connectivity index (χ0) is 20.3. The molecule has 6 nitrogen and oxygen atoms in total. The maximum Gasteiger partial charge on any atom is 0.262 e. The molecule has 8 heteroatoms. The van der Waals surface area contributed by atoms with E-state index < -0.39 is 11.6 Å². The highest BCUT2D eigenvalue weighted by Gasteiger charge is 2.16. The molecule has 1 amide bonds. The van der Waals surface area contributed by atoms with E-state index >= 15 is 0 Å². The number of hydrogen-bond donors (Lipinski definition) is 1. The predicted molar refractivity (Wildman–Crippen MR) is 107 cm³/mol. The number of hydrogen-bond acceptors (Lipinski definition) is 5. The number of ketones is 1. The van der Waals surface area contributed by atoms with Crippen LogP contribution in [0.5, 0.6) is 0 Å². The fourth-order valence-corrected chi connectivity index (χ4v) is 3.71. The number of halogens is 1. The highest BCUT2D eigenvalue weighted by molar-refractivity contribution is 7.99. The first-order valence-corrected chi connectivity index (χ1v) is 9.62. The van der Waals surface area contributed by atoms with Crippen LogP contribution in [0.2, 0.25) is 0 Å². The van der Waals surface area contributed by atoms with Gasteiger partial charge < -0.3 is 5.32 Å². The van der Waals surface area contributed by atoms with Gasteiger partial charge in [-0.3, -0.25) is 19.0 Å². The lowest BCUT2D eigenvalue weighted by atomic mass is 10.1. The minimum absolute atomic E-state index is 0.0683. The number of carbonyl (C=O) groups excluding carboxylic acids is 2. The van der Waals surface area contributed by atoms with Gasteiger partial charge in [-0.25, -0.2) is 9.37 Å². The standard InChI is InChI=1S/C20H18FN3O3S/c1-3-24-19(27)15-6-4-5-7-17(15)23-20(24)28-11-18(26)14-9-8-13(10-16(14)21)22-12(2)25/h4-10H,3,11H2,1-2H3,(H,22,25). The quantitative estimate of drug-likeness (QED) is 0.390. The molecule has 0 spiro atoms. The zero-order valence-electron chi connectivity index (χ0n) is 15.4. The van der Waals surface area contributed by atoms with Crippen LogP contribution in [0.15, 0.2) is 52.4 Å². The summed E-state index contributed by atoms with van der Waals surface area (Å²) in [5.41, 5.74) is 0.588. The topological polar surface area (TPSA) is 81.1 Å². The van der Waals surface area contributed by atoms with Crippen LogP contribution in [0.25, 0.3) is 10.9 Å². The highest BCUT2D eigenvalue weighted by atomic mass is 32.2. The number of thioether (sulfide) groups is 1. The number of para-hydroxylation sites is 1. The molecule has 0 saturated carbocycles. The minimum atomic E-state index is -0.712. The van der Waals surface area contributed by atoms with E-state index in [1.54, 1.807) is 24.3 Å². The molecule has 1 N–H and O–H groups in total. The van der Waals surface area contributed by atoms with Crippen molar-refractivity contribution < 1.29 is 14.0 Å². The molecule has 28 heavy (non-hydrogen) atoms. The average Bonchev–Trinajstić information content (AvgIpc) is 2.66. The Bertz CT molecular complexity index is 1130. The number of aromatic nitrogens is 2. The van der Waals surface area contributed by atoms with Crippen molar-refractivity contribution in [1.29, 1.82) is 0 Å². The van der Waals surface area contributed by atoms with Gasteiger partial charge in [-0.1, -0.05) is 23.9 Å². The summed E-state index contributed by atoms with van der Waals surface area (Å²) in [6, 6.07) is 10.9. The first-order valence-electron chi connectivity index (χ1n) is 8.63. The van der Waals surface area contributed by atoms with Gasteiger partial charge in [0.2, 0.25) is 5.91 Å². The maximum atomic E-state index is 14.2. The van der Waals surface area contributed by atoms with Crippen LogP contribution in [0.3, 0.4) is 0 Å². The van der Waals surface area contributed by atoms with E-state index in [0.29, 0.717) is 22.6 Å². The van der Waals surface area contributed by atoms with Gasteiger partial charge in [0.25, 0.3) is 5.56 Å². The number of nitrogens with zero attached hydrogens (tertiary/aromatic N) is 2. The molecular weight excluding hydrogens is 381 g/mol. The molecule has 3 aromatic rings. The molecule has 0 aliphatic heterocycles. The summed E-state index contributed by atoms with van der Waals surface area (Å²) in [5, 5.41) is 3.39. The second-order valence-corrected chi connectivity index (χ2v) is 6.99. The highest BCUT2D eigenvalue weighted by Crippen LogP contribution is 2.21. The van der Waals surface area contributed by atoms with Crippen molar-refractivity contribution in [3.8, 4) is 0 Å². The number of benzene rings is 2. The van der Waals surface area contributed by atoms with Gasteiger partial charge in [0.15, 0.2) is 10.9 Å². The number of Topliss-reactive ketones (excluding diaryl/α,β-unsaturated/α-hetero) is 1. The lowest BCUT2D eigenvalue weighted by molar-refractivity contribution is -0.114. The molecule has 0 saturated heterocycles. The van der Waals surface area contributed by atoms with E-state index in [1.165, 1.54) is 23.6 Å². The number of amides is 1. The van der Waals surface area contributed by atoms with Crippen molar-refractivity contribution in [2.45, 2.75) is 25.5 Å². The second-order valence-electron chi connectivity index (χ2n) is 6.05. The molecule has 1 aromatic heterocycles. The average molecular weight is 399 g/mol. The van der Waals surface area contributed by atoms with Gasteiger partial charge in [0.05, 0.1) is 22.2 Å². The Morgan fingerprint density at radius 1 is 1.21 bits per heavy atom. The summed E-state index contributed by atoms with van der Waals surface area (Å²) < 4.78 is 15.7. The molecule has 0 aliphatic rings. The first kappa shape index (κ1) is 19.8. The van der Waals surface area contributed by atoms with Gasteiger partial charge >= 0.3 is 0 Å². The largest absolute Gasteiger partial charge is 0.326 e. The third-order valence-electron chi connectivity index (χ3n) is 4.07. The van der Waals surface area contributed by atoms with E-state index in [9.17, 15) is 18.8 Å². The van der Waals surface area contributed by atoms with Crippen LogP contribution in [-0.4, -0.2) is 27.0 Å². The van der Waals surface area contributed by atoms with Crippen molar-refractivity contribution in [3.63, 3.8) is 0 Å². The Hall–Kier alpha value is -3.00. The van der Waals surface area contributed by atoms with Crippen molar-refractivity contribution in [3.05, 3.63) is 64.2 Å².